The Kier molecular flexibility index (Phi) is 4.20. The Hall–Kier alpha value is -1.12. The summed E-state index contributed by atoms with van der Waals surface area (Å²) >= 11 is 0. The lowest BCUT2D eigenvalue weighted by molar-refractivity contribution is 0.381. The van der Waals surface area contributed by atoms with Crippen LogP contribution in [0, 0.1) is 5.41 Å². The van der Waals surface area contributed by atoms with Gasteiger partial charge in [-0.05, 0) is 25.7 Å². The fraction of sp³-hybridized carbons (Fsp3) is 0.733. The van der Waals surface area contributed by atoms with Gasteiger partial charge >= 0.3 is 0 Å². The minimum Gasteiger partial charge on any atom is -0.388 e. The molecule has 3 heteroatoms. The van der Waals surface area contributed by atoms with Gasteiger partial charge < -0.3 is 16.0 Å². The highest BCUT2D eigenvalue weighted by atomic mass is 15.1. The van der Waals surface area contributed by atoms with Gasteiger partial charge in [-0.2, -0.15) is 0 Å². The molecule has 3 nitrogen and oxygen atoms in total. The molecule has 0 saturated heterocycles. The average molecular weight is 249 g/mol. The Balaban J connectivity index is 1.90. The minimum absolute atomic E-state index is 0.297. The first-order valence-corrected chi connectivity index (χ1v) is 7.26. The standard InChI is InChI=1S/C15H27N3/c1-4-15(2,3)14(12-6-5-7-12)17-9-8-13-10-16-11-18-13/h10,16-18H,4-9,11H2,1-3H3. The molecule has 1 aliphatic carbocycles. The van der Waals surface area contributed by atoms with Crippen molar-refractivity contribution < 1.29 is 0 Å². The van der Waals surface area contributed by atoms with Crippen LogP contribution in [0.25, 0.3) is 0 Å². The van der Waals surface area contributed by atoms with Crippen molar-refractivity contribution in [1.29, 1.82) is 0 Å². The van der Waals surface area contributed by atoms with Crippen LogP contribution in [0.5, 0.6) is 0 Å². The zero-order chi connectivity index (χ0) is 13.0. The molecule has 0 radical (unpaired) electrons. The maximum atomic E-state index is 3.71. The average Bonchev–Trinajstić information content (AvgIpc) is 2.78. The van der Waals surface area contributed by atoms with Crippen molar-refractivity contribution in [2.45, 2.75) is 52.9 Å². The Morgan fingerprint density at radius 2 is 2.17 bits per heavy atom. The molecule has 2 aliphatic rings. The van der Waals surface area contributed by atoms with Crippen molar-refractivity contribution in [2.24, 2.45) is 5.41 Å². The number of hydrogen-bond donors (Lipinski definition) is 3. The molecule has 0 aromatic carbocycles. The molecule has 3 N–H and O–H groups in total. The first-order chi connectivity index (χ1) is 8.63. The van der Waals surface area contributed by atoms with E-state index in [0.717, 1.165) is 19.6 Å². The fourth-order valence-corrected chi connectivity index (χ4v) is 2.50. The third-order valence-electron chi connectivity index (χ3n) is 4.26. The molecule has 0 unspecified atom stereocenters. The Morgan fingerprint density at radius 1 is 1.39 bits per heavy atom. The summed E-state index contributed by atoms with van der Waals surface area (Å²) in [5.41, 5.74) is 4.79. The SMILES string of the molecule is CCC(C)(C)C(NCCC1=CNCN1)=C1CCC1. The van der Waals surface area contributed by atoms with Crippen molar-refractivity contribution in [1.82, 2.24) is 16.0 Å². The molecule has 0 atom stereocenters. The summed E-state index contributed by atoms with van der Waals surface area (Å²) in [4.78, 5) is 0. The lowest BCUT2D eigenvalue weighted by atomic mass is 9.78. The van der Waals surface area contributed by atoms with E-state index in [9.17, 15) is 0 Å². The molecule has 0 aromatic heterocycles. The van der Waals surface area contributed by atoms with Gasteiger partial charge in [-0.1, -0.05) is 26.3 Å². The highest BCUT2D eigenvalue weighted by Gasteiger charge is 2.26. The highest BCUT2D eigenvalue weighted by Crippen LogP contribution is 2.37. The van der Waals surface area contributed by atoms with E-state index in [1.54, 1.807) is 5.57 Å². The van der Waals surface area contributed by atoms with Crippen LogP contribution in [0.3, 0.4) is 0 Å². The van der Waals surface area contributed by atoms with Crippen molar-refractivity contribution in [3.8, 4) is 0 Å². The van der Waals surface area contributed by atoms with Crippen LogP contribution >= 0.6 is 0 Å². The van der Waals surface area contributed by atoms with Crippen LogP contribution in [-0.4, -0.2) is 13.2 Å². The molecule has 0 amide bonds. The largest absolute Gasteiger partial charge is 0.388 e. The molecule has 0 spiro atoms. The van der Waals surface area contributed by atoms with E-state index in [4.69, 9.17) is 0 Å². The van der Waals surface area contributed by atoms with Gasteiger partial charge in [0.05, 0.1) is 6.67 Å². The molecular formula is C15H27N3. The van der Waals surface area contributed by atoms with E-state index in [-0.39, 0.29) is 0 Å². The van der Waals surface area contributed by atoms with Crippen LogP contribution < -0.4 is 16.0 Å². The summed E-state index contributed by atoms with van der Waals surface area (Å²) in [6.45, 7) is 8.91. The quantitative estimate of drug-likeness (QED) is 0.677. The van der Waals surface area contributed by atoms with E-state index in [1.165, 1.54) is 37.1 Å². The predicted molar refractivity (Wildman–Crippen MR) is 76.8 cm³/mol. The predicted octanol–water partition coefficient (Wildman–Crippen LogP) is 2.83. The minimum atomic E-state index is 0.297. The van der Waals surface area contributed by atoms with Crippen LogP contribution in [0.1, 0.15) is 52.9 Å². The zero-order valence-electron chi connectivity index (χ0n) is 12.0. The van der Waals surface area contributed by atoms with E-state index >= 15 is 0 Å². The maximum absolute atomic E-state index is 3.71. The molecule has 1 fully saturated rings. The van der Waals surface area contributed by atoms with Crippen molar-refractivity contribution >= 4 is 0 Å². The number of allylic oxidation sites excluding steroid dienone is 2. The monoisotopic (exact) mass is 249 g/mol. The second kappa shape index (κ2) is 5.68. The summed E-state index contributed by atoms with van der Waals surface area (Å²) in [5.74, 6) is 0. The molecule has 1 aliphatic heterocycles. The normalized spacial score (nSPS) is 18.6. The van der Waals surface area contributed by atoms with E-state index in [1.807, 2.05) is 0 Å². The number of hydrogen-bond acceptors (Lipinski definition) is 3. The van der Waals surface area contributed by atoms with Crippen LogP contribution in [-0.2, 0) is 0 Å². The van der Waals surface area contributed by atoms with Crippen molar-refractivity contribution in [3.05, 3.63) is 23.2 Å². The summed E-state index contributed by atoms with van der Waals surface area (Å²) in [5, 5.41) is 10.2. The Labute approximate surface area is 111 Å². The van der Waals surface area contributed by atoms with Gasteiger partial charge in [0.25, 0.3) is 0 Å². The lowest BCUT2D eigenvalue weighted by Gasteiger charge is -2.34. The van der Waals surface area contributed by atoms with Crippen LogP contribution in [0.4, 0.5) is 0 Å². The third-order valence-corrected chi connectivity index (χ3v) is 4.26. The molecule has 1 heterocycles. The molecular weight excluding hydrogens is 222 g/mol. The second-order valence-electron chi connectivity index (χ2n) is 5.97. The van der Waals surface area contributed by atoms with Gasteiger partial charge in [-0.15, -0.1) is 0 Å². The van der Waals surface area contributed by atoms with Gasteiger partial charge in [0, 0.05) is 36.0 Å². The van der Waals surface area contributed by atoms with E-state index in [2.05, 4.69) is 42.9 Å². The molecule has 2 rings (SSSR count). The van der Waals surface area contributed by atoms with Gasteiger partial charge in [-0.3, -0.25) is 0 Å². The van der Waals surface area contributed by atoms with Crippen molar-refractivity contribution in [3.63, 3.8) is 0 Å². The Morgan fingerprint density at radius 3 is 2.67 bits per heavy atom. The first-order valence-electron chi connectivity index (χ1n) is 7.26. The summed E-state index contributed by atoms with van der Waals surface area (Å²) in [6.07, 6.45) is 8.33. The maximum Gasteiger partial charge on any atom is 0.0843 e. The summed E-state index contributed by atoms with van der Waals surface area (Å²) in [7, 11) is 0. The summed E-state index contributed by atoms with van der Waals surface area (Å²) in [6, 6.07) is 0. The molecule has 1 saturated carbocycles. The smallest absolute Gasteiger partial charge is 0.0843 e. The zero-order valence-corrected chi connectivity index (χ0v) is 12.0. The second-order valence-corrected chi connectivity index (χ2v) is 5.97. The molecule has 0 aromatic rings. The van der Waals surface area contributed by atoms with Gasteiger partial charge in [0.2, 0.25) is 0 Å². The van der Waals surface area contributed by atoms with Crippen LogP contribution in [0.15, 0.2) is 23.2 Å². The van der Waals surface area contributed by atoms with E-state index in [0.29, 0.717) is 5.41 Å². The highest BCUT2D eigenvalue weighted by molar-refractivity contribution is 5.23. The van der Waals surface area contributed by atoms with Crippen LogP contribution in [0.2, 0.25) is 0 Å². The van der Waals surface area contributed by atoms with Gasteiger partial charge in [0.1, 0.15) is 0 Å². The topological polar surface area (TPSA) is 36.1 Å². The molecule has 0 bridgehead atoms. The lowest BCUT2D eigenvalue weighted by Crippen LogP contribution is -2.31. The van der Waals surface area contributed by atoms with Gasteiger partial charge in [0.15, 0.2) is 0 Å². The third kappa shape index (κ3) is 3.01. The Bertz CT molecular complexity index is 347. The fourth-order valence-electron chi connectivity index (χ4n) is 2.50. The molecule has 102 valence electrons. The first kappa shape index (κ1) is 13.3. The summed E-state index contributed by atoms with van der Waals surface area (Å²) < 4.78 is 0. The van der Waals surface area contributed by atoms with E-state index < -0.39 is 0 Å². The number of nitrogens with one attached hydrogen (secondary N) is 3. The van der Waals surface area contributed by atoms with Crippen molar-refractivity contribution in [2.75, 3.05) is 13.2 Å². The molecule has 18 heavy (non-hydrogen) atoms. The van der Waals surface area contributed by atoms with Gasteiger partial charge in [-0.25, -0.2) is 0 Å². The number of rotatable bonds is 6.